The van der Waals surface area contributed by atoms with E-state index in [0.717, 1.165) is 16.9 Å². The van der Waals surface area contributed by atoms with E-state index in [9.17, 15) is 27.2 Å². The average molecular weight is 580 g/mol. The van der Waals surface area contributed by atoms with E-state index in [1.165, 1.54) is 22.1 Å². The van der Waals surface area contributed by atoms with Crippen molar-refractivity contribution < 1.29 is 27.2 Å². The minimum atomic E-state index is -2.76. The molecule has 0 radical (unpaired) electrons. The van der Waals surface area contributed by atoms with Gasteiger partial charge < -0.3 is 10.6 Å². The topological polar surface area (TPSA) is 107 Å². The van der Waals surface area contributed by atoms with Crippen LogP contribution in [0, 0.1) is 11.8 Å². The van der Waals surface area contributed by atoms with Gasteiger partial charge in [-0.1, -0.05) is 6.92 Å². The summed E-state index contributed by atoms with van der Waals surface area (Å²) < 4.78 is 56.2. The Balaban J connectivity index is 1.26. The predicted molar refractivity (Wildman–Crippen MR) is 138 cm³/mol. The van der Waals surface area contributed by atoms with Crippen LogP contribution in [0.25, 0.3) is 0 Å². The molecule has 3 aliphatic carbocycles. The van der Waals surface area contributed by atoms with Crippen LogP contribution in [0.5, 0.6) is 0 Å². The van der Waals surface area contributed by atoms with Crippen LogP contribution < -0.4 is 10.6 Å². The summed E-state index contributed by atoms with van der Waals surface area (Å²) >= 11 is 1.46. The maximum atomic E-state index is 13.5. The van der Waals surface area contributed by atoms with E-state index in [0.29, 0.717) is 47.4 Å². The standard InChI is InChI=1S/C26H29F4N7O2S/c1-12-5-15(12)18(38)8-20-22(24(39)32-13-9-26(29,30)10-13)16-6-14(3-4-19(16)40-20)37-11-31-34-25(37)33-21-7-17(23(27)28)35-36(21)2/h7,11-15,23H,3-6,8-10H2,1-2H3,(H,32,39)(H,33,34)/t12-,14-,15-/m0/s1. The summed E-state index contributed by atoms with van der Waals surface area (Å²) in [4.78, 5) is 28.1. The summed E-state index contributed by atoms with van der Waals surface area (Å²) in [5.74, 6) is -2.05. The summed E-state index contributed by atoms with van der Waals surface area (Å²) in [5.41, 5.74) is 0.883. The van der Waals surface area contributed by atoms with E-state index >= 15 is 0 Å². The Labute approximate surface area is 231 Å². The third kappa shape index (κ3) is 5.13. The molecule has 0 saturated heterocycles. The lowest BCUT2D eigenvalue weighted by molar-refractivity contribution is -0.119. The Hall–Kier alpha value is -3.29. The molecule has 3 heterocycles. The van der Waals surface area contributed by atoms with Gasteiger partial charge in [-0.05, 0) is 37.2 Å². The van der Waals surface area contributed by atoms with Gasteiger partial charge in [0.15, 0.2) is 0 Å². The summed E-state index contributed by atoms with van der Waals surface area (Å²) in [6.45, 7) is 2.03. The van der Waals surface area contributed by atoms with Crippen LogP contribution in [0.1, 0.15) is 76.4 Å². The number of carbonyl (C=O) groups is 2. The summed E-state index contributed by atoms with van der Waals surface area (Å²) in [7, 11) is 1.54. The molecule has 0 aliphatic heterocycles. The highest BCUT2D eigenvalue weighted by Crippen LogP contribution is 2.43. The number of ketones is 1. The van der Waals surface area contributed by atoms with Gasteiger partial charge in [-0.2, -0.15) is 5.10 Å². The fourth-order valence-electron chi connectivity index (χ4n) is 5.76. The molecule has 214 valence electrons. The van der Waals surface area contributed by atoms with Gasteiger partial charge in [0.05, 0.1) is 5.56 Å². The zero-order chi connectivity index (χ0) is 28.3. The first-order valence-electron chi connectivity index (χ1n) is 13.3. The number of alkyl halides is 4. The number of anilines is 2. The number of rotatable bonds is 9. The van der Waals surface area contributed by atoms with Gasteiger partial charge in [0, 0.05) is 60.1 Å². The van der Waals surface area contributed by atoms with Crippen LogP contribution in [0.4, 0.5) is 29.3 Å². The number of nitrogens with one attached hydrogen (secondary N) is 2. The second-order valence-corrected chi connectivity index (χ2v) is 12.4. The molecule has 3 aromatic heterocycles. The van der Waals surface area contributed by atoms with E-state index in [-0.39, 0.29) is 29.9 Å². The highest BCUT2D eigenvalue weighted by molar-refractivity contribution is 7.12. The van der Waals surface area contributed by atoms with Gasteiger partial charge in [-0.3, -0.25) is 18.8 Å². The molecular formula is C26H29F4N7O2S. The van der Waals surface area contributed by atoms with E-state index in [4.69, 9.17) is 0 Å². The molecule has 3 aromatic rings. The average Bonchev–Trinajstić information content (AvgIpc) is 3.19. The number of hydrogen-bond acceptors (Lipinski definition) is 7. The zero-order valence-electron chi connectivity index (χ0n) is 22.0. The Kier molecular flexibility index (Phi) is 6.70. The largest absolute Gasteiger partial charge is 0.349 e. The number of amides is 1. The molecule has 2 saturated carbocycles. The molecule has 9 nitrogen and oxygen atoms in total. The summed E-state index contributed by atoms with van der Waals surface area (Å²) in [6.07, 6.45) is 0.868. The summed E-state index contributed by atoms with van der Waals surface area (Å²) in [5, 5.41) is 17.7. The number of carbonyl (C=O) groups excluding carboxylic acids is 2. The maximum absolute atomic E-state index is 13.5. The minimum Gasteiger partial charge on any atom is -0.349 e. The van der Waals surface area contributed by atoms with E-state index in [1.54, 1.807) is 17.9 Å². The van der Waals surface area contributed by atoms with Crippen LogP contribution >= 0.6 is 11.3 Å². The molecule has 3 atom stereocenters. The number of hydrogen-bond donors (Lipinski definition) is 2. The SMILES string of the molecule is C[C@H]1C[C@@H]1C(=O)Cc1sc2c(c1C(=O)NC1CC(F)(F)C1)C[C@@H](n1cnnc1Nc1cc(C(F)F)nn1C)CC2. The number of aromatic nitrogens is 5. The van der Waals surface area contributed by atoms with Crippen LogP contribution in [-0.2, 0) is 31.1 Å². The molecule has 14 heteroatoms. The lowest BCUT2D eigenvalue weighted by Crippen LogP contribution is -2.50. The van der Waals surface area contributed by atoms with Crippen LogP contribution in [0.3, 0.4) is 0 Å². The fourth-order valence-corrected chi connectivity index (χ4v) is 7.11. The lowest BCUT2D eigenvalue weighted by atomic mass is 9.87. The zero-order valence-corrected chi connectivity index (χ0v) is 22.8. The first-order valence-corrected chi connectivity index (χ1v) is 14.1. The molecule has 6 rings (SSSR count). The minimum absolute atomic E-state index is 0.0105. The third-order valence-electron chi connectivity index (χ3n) is 8.15. The van der Waals surface area contributed by atoms with Gasteiger partial charge in [-0.15, -0.1) is 21.5 Å². The van der Waals surface area contributed by atoms with Crippen molar-refractivity contribution in [3.05, 3.63) is 39.0 Å². The number of Topliss-reactive ketones (excluding diaryl/α,β-unsaturated/α-hetero) is 1. The molecule has 40 heavy (non-hydrogen) atoms. The van der Waals surface area contributed by atoms with Crippen molar-refractivity contribution in [2.75, 3.05) is 5.32 Å². The van der Waals surface area contributed by atoms with Gasteiger partial charge in [0.25, 0.3) is 18.3 Å². The van der Waals surface area contributed by atoms with Crippen molar-refractivity contribution in [1.29, 1.82) is 0 Å². The number of halogens is 4. The molecule has 1 amide bonds. The smallest absolute Gasteiger partial charge is 0.282 e. The van der Waals surface area contributed by atoms with Crippen molar-refractivity contribution in [2.45, 2.75) is 76.3 Å². The Morgan fingerprint density at radius 2 is 2.02 bits per heavy atom. The second kappa shape index (κ2) is 9.96. The third-order valence-corrected chi connectivity index (χ3v) is 9.44. The molecule has 2 N–H and O–H groups in total. The van der Waals surface area contributed by atoms with Crippen molar-refractivity contribution in [1.82, 2.24) is 29.9 Å². The van der Waals surface area contributed by atoms with Crippen LogP contribution in [0.2, 0.25) is 0 Å². The number of thiophene rings is 1. The van der Waals surface area contributed by atoms with Gasteiger partial charge in [0.1, 0.15) is 23.6 Å². The van der Waals surface area contributed by atoms with E-state index in [2.05, 4.69) is 25.9 Å². The molecule has 3 aliphatic rings. The quantitative estimate of drug-likeness (QED) is 0.354. The number of nitrogens with zero attached hydrogens (tertiary/aromatic N) is 5. The van der Waals surface area contributed by atoms with Crippen molar-refractivity contribution >= 4 is 34.8 Å². The highest BCUT2D eigenvalue weighted by Gasteiger charge is 2.46. The predicted octanol–water partition coefficient (Wildman–Crippen LogP) is 4.78. The first kappa shape index (κ1) is 26.9. The highest BCUT2D eigenvalue weighted by atomic mass is 32.1. The van der Waals surface area contributed by atoms with E-state index in [1.807, 2.05) is 6.92 Å². The van der Waals surface area contributed by atoms with Gasteiger partial charge in [-0.25, -0.2) is 17.6 Å². The number of fused-ring (bicyclic) bond motifs is 1. The molecular weight excluding hydrogens is 550 g/mol. The Bertz CT molecular complexity index is 1460. The summed E-state index contributed by atoms with van der Waals surface area (Å²) in [6, 6.07) is 0.488. The monoisotopic (exact) mass is 579 g/mol. The van der Waals surface area contributed by atoms with E-state index < -0.39 is 37.1 Å². The molecule has 0 bridgehead atoms. The van der Waals surface area contributed by atoms with Crippen molar-refractivity contribution in [3.63, 3.8) is 0 Å². The van der Waals surface area contributed by atoms with Crippen LogP contribution in [0.15, 0.2) is 12.4 Å². The fraction of sp³-hybridized carbons (Fsp3) is 0.577. The van der Waals surface area contributed by atoms with Gasteiger partial charge >= 0.3 is 0 Å². The number of aryl methyl sites for hydroxylation is 2. The van der Waals surface area contributed by atoms with Crippen LogP contribution in [-0.4, -0.2) is 48.2 Å². The normalized spacial score (nSPS) is 23.5. The molecule has 2 fully saturated rings. The van der Waals surface area contributed by atoms with Crippen molar-refractivity contribution in [2.24, 2.45) is 18.9 Å². The molecule has 0 spiro atoms. The maximum Gasteiger partial charge on any atom is 0.282 e. The van der Waals surface area contributed by atoms with Gasteiger partial charge in [0.2, 0.25) is 5.95 Å². The molecule has 0 aromatic carbocycles. The first-order chi connectivity index (χ1) is 19.0. The second-order valence-electron chi connectivity index (χ2n) is 11.2. The Morgan fingerprint density at radius 1 is 1.27 bits per heavy atom. The van der Waals surface area contributed by atoms with Crippen molar-refractivity contribution in [3.8, 4) is 0 Å². The Morgan fingerprint density at radius 3 is 2.67 bits per heavy atom. The lowest BCUT2D eigenvalue weighted by Gasteiger charge is -2.35. The molecule has 0 unspecified atom stereocenters.